The smallest absolute Gasteiger partial charge is 0.312 e. The molecule has 0 radical (unpaired) electrons. The van der Waals surface area contributed by atoms with Crippen molar-refractivity contribution in [2.45, 2.75) is 402 Å². The molecule has 0 aromatic heterocycles. The maximum absolute atomic E-state index is 14.6. The van der Waals surface area contributed by atoms with Crippen molar-refractivity contribution in [3.8, 4) is 5.75 Å². The first kappa shape index (κ1) is 95.5. The number of carbonyl (C=O) groups excluding carboxylic acids is 5. The van der Waals surface area contributed by atoms with Crippen molar-refractivity contribution >= 4 is 29.8 Å². The van der Waals surface area contributed by atoms with Crippen molar-refractivity contribution in [1.29, 1.82) is 0 Å². The first-order valence-electron chi connectivity index (χ1n) is 43.1. The van der Waals surface area contributed by atoms with Gasteiger partial charge in [-0.3, -0.25) is 24.0 Å². The van der Waals surface area contributed by atoms with Gasteiger partial charge in [0.25, 0.3) is 0 Å². The molecule has 0 unspecified atom stereocenters. The van der Waals surface area contributed by atoms with Gasteiger partial charge < -0.3 is 38.8 Å². The molecule has 1 N–H and O–H groups in total. The molecule has 0 bridgehead atoms. The number of aliphatic hydroxyl groups excluding tert-OH is 1. The van der Waals surface area contributed by atoms with Crippen LogP contribution in [0.4, 0.5) is 0 Å². The Bertz CT molecular complexity index is 2060. The van der Waals surface area contributed by atoms with Gasteiger partial charge in [-0.05, 0) is 140 Å². The molecule has 1 rings (SSSR count). The van der Waals surface area contributed by atoms with Crippen LogP contribution in [0, 0.1) is 31.6 Å². The van der Waals surface area contributed by atoms with Crippen molar-refractivity contribution in [1.82, 2.24) is 14.7 Å². The second kappa shape index (κ2) is 65.9. The molecule has 0 spiro atoms. The first-order valence-corrected chi connectivity index (χ1v) is 43.1. The monoisotopic (exact) mass is 1420 g/mol. The van der Waals surface area contributed by atoms with Gasteiger partial charge in [0.1, 0.15) is 5.75 Å². The quantitative estimate of drug-likeness (QED) is 0.0286. The number of amides is 1. The van der Waals surface area contributed by atoms with E-state index in [9.17, 15) is 29.1 Å². The standard InChI is InChI=1S/C88H163N3O10/c1-12-18-36-49-78(50-37-19-13-2)59-70-98-83(94)55-42-30-24-27-33-45-63-90(64-46-34-28-25-31-43-56-84(95)99-71-60-79(51-38-20-14-3)52-39-21-15-4)67-58-86(97)101-81-74-76(7)73-77(8)87(81)88(9,10)75-82(93)91(66-48-62-89(11)68-69-92)65-47-35-29-26-32-44-57-85(96)100-72-61-80(53-40-22-16-5)54-41-23-17-6/h73-74,78-80,92H,12-72,75H2,1-11H3. The highest BCUT2D eigenvalue weighted by molar-refractivity contribution is 5.79. The van der Waals surface area contributed by atoms with Crippen LogP contribution in [0.3, 0.4) is 0 Å². The van der Waals surface area contributed by atoms with Crippen LogP contribution in [0.15, 0.2) is 12.1 Å². The molecule has 101 heavy (non-hydrogen) atoms. The summed E-state index contributed by atoms with van der Waals surface area (Å²) in [5, 5.41) is 9.59. The third kappa shape index (κ3) is 53.8. The maximum Gasteiger partial charge on any atom is 0.312 e. The van der Waals surface area contributed by atoms with E-state index < -0.39 is 5.41 Å². The molecule has 0 aliphatic rings. The lowest BCUT2D eigenvalue weighted by Crippen LogP contribution is -2.38. The number of ether oxygens (including phenoxy) is 4. The third-order valence-corrected chi connectivity index (χ3v) is 21.3. The van der Waals surface area contributed by atoms with E-state index >= 15 is 0 Å². The molecule has 0 heterocycles. The summed E-state index contributed by atoms with van der Waals surface area (Å²) in [6.45, 7) is 28.7. The summed E-state index contributed by atoms with van der Waals surface area (Å²) in [6.07, 6.45) is 54.3. The molecule has 0 saturated heterocycles. The van der Waals surface area contributed by atoms with Crippen molar-refractivity contribution in [3.63, 3.8) is 0 Å². The molecule has 1 aromatic rings. The van der Waals surface area contributed by atoms with Gasteiger partial charge in [0.2, 0.25) is 5.91 Å². The molecule has 0 atom stereocenters. The Morgan fingerprint density at radius 3 is 1.10 bits per heavy atom. The Hall–Kier alpha value is -3.55. The minimum Gasteiger partial charge on any atom is -0.466 e. The van der Waals surface area contributed by atoms with E-state index in [1.54, 1.807) is 0 Å². The Kier molecular flexibility index (Phi) is 62.3. The summed E-state index contributed by atoms with van der Waals surface area (Å²) in [5.41, 5.74) is 2.28. The van der Waals surface area contributed by atoms with Gasteiger partial charge in [0.15, 0.2) is 0 Å². The van der Waals surface area contributed by atoms with Crippen molar-refractivity contribution in [3.05, 3.63) is 28.8 Å². The minimum atomic E-state index is -0.628. The van der Waals surface area contributed by atoms with Gasteiger partial charge in [0, 0.05) is 62.8 Å². The highest BCUT2D eigenvalue weighted by Crippen LogP contribution is 2.39. The molecule has 590 valence electrons. The average Bonchev–Trinajstić information content (AvgIpc) is 0.787. The summed E-state index contributed by atoms with van der Waals surface area (Å²) in [6, 6.07) is 4.10. The Morgan fingerprint density at radius 1 is 0.386 bits per heavy atom. The van der Waals surface area contributed by atoms with Gasteiger partial charge in [-0.1, -0.05) is 293 Å². The highest BCUT2D eigenvalue weighted by atomic mass is 16.5. The average molecular weight is 1420 g/mol. The molecular weight excluding hydrogens is 1260 g/mol. The molecule has 0 fully saturated rings. The second-order valence-corrected chi connectivity index (χ2v) is 31.6. The van der Waals surface area contributed by atoms with Crippen LogP contribution in [0.1, 0.15) is 400 Å². The predicted molar refractivity (Wildman–Crippen MR) is 425 cm³/mol. The van der Waals surface area contributed by atoms with Crippen molar-refractivity contribution in [2.24, 2.45) is 17.8 Å². The van der Waals surface area contributed by atoms with Crippen LogP contribution >= 0.6 is 0 Å². The summed E-state index contributed by atoms with van der Waals surface area (Å²) < 4.78 is 23.6. The molecule has 13 nitrogen and oxygen atoms in total. The summed E-state index contributed by atoms with van der Waals surface area (Å²) in [4.78, 5) is 73.4. The van der Waals surface area contributed by atoms with Gasteiger partial charge in [-0.25, -0.2) is 0 Å². The molecule has 0 aliphatic carbocycles. The van der Waals surface area contributed by atoms with Crippen LogP contribution in [0.25, 0.3) is 0 Å². The number of rotatable bonds is 73. The lowest BCUT2D eigenvalue weighted by Gasteiger charge is -2.32. The summed E-state index contributed by atoms with van der Waals surface area (Å²) >= 11 is 0. The van der Waals surface area contributed by atoms with E-state index in [1.807, 2.05) is 24.9 Å². The van der Waals surface area contributed by atoms with Crippen molar-refractivity contribution < 1.29 is 48.0 Å². The first-order chi connectivity index (χ1) is 49.0. The molecule has 0 saturated carbocycles. The van der Waals surface area contributed by atoms with Gasteiger partial charge in [-0.15, -0.1) is 0 Å². The third-order valence-electron chi connectivity index (χ3n) is 21.3. The fraction of sp³-hybridized carbons (Fsp3) is 0.875. The number of likely N-dealkylation sites (N-methyl/N-ethyl adjacent to an activating group) is 1. The van der Waals surface area contributed by atoms with E-state index in [2.05, 4.69) is 78.2 Å². The van der Waals surface area contributed by atoms with E-state index in [1.165, 1.54) is 154 Å². The number of carbonyl (C=O) groups is 5. The fourth-order valence-corrected chi connectivity index (χ4v) is 14.9. The molecule has 1 amide bonds. The zero-order chi connectivity index (χ0) is 74.2. The van der Waals surface area contributed by atoms with Crippen LogP contribution < -0.4 is 4.74 Å². The SMILES string of the molecule is CCCCCC(CCCCC)CCOC(=O)CCCCCCCCN(CCCCCCCCC(=O)OCCC(CCCCC)CCCCC)CCC(=O)Oc1cc(C)cc(C)c1C(C)(C)CC(=O)N(CCCCCCCCC(=O)OCCC(CCCCC)CCCCC)CCCN(C)CCO. The predicted octanol–water partition coefficient (Wildman–Crippen LogP) is 23.0. The van der Waals surface area contributed by atoms with E-state index in [4.69, 9.17) is 18.9 Å². The zero-order valence-electron chi connectivity index (χ0n) is 68.2. The van der Waals surface area contributed by atoms with Gasteiger partial charge >= 0.3 is 23.9 Å². The number of hydrogen-bond donors (Lipinski definition) is 1. The van der Waals surface area contributed by atoms with Gasteiger partial charge in [-0.2, -0.15) is 0 Å². The topological polar surface area (TPSA) is 152 Å². The number of esters is 4. The number of unbranched alkanes of at least 4 members (excludes halogenated alkanes) is 27. The van der Waals surface area contributed by atoms with E-state index in [0.29, 0.717) is 88.8 Å². The van der Waals surface area contributed by atoms with Gasteiger partial charge in [0.05, 0.1) is 32.8 Å². The highest BCUT2D eigenvalue weighted by Gasteiger charge is 2.32. The number of hydrogen-bond acceptors (Lipinski definition) is 12. The zero-order valence-corrected chi connectivity index (χ0v) is 68.2. The lowest BCUT2D eigenvalue weighted by molar-refractivity contribution is -0.145. The minimum absolute atomic E-state index is 0.0485. The van der Waals surface area contributed by atoms with Crippen molar-refractivity contribution in [2.75, 3.05) is 79.3 Å². The Morgan fingerprint density at radius 2 is 0.733 bits per heavy atom. The fourth-order valence-electron chi connectivity index (χ4n) is 14.9. The number of aliphatic hydroxyl groups is 1. The van der Waals surface area contributed by atoms with Crippen LogP contribution in [0.5, 0.6) is 5.75 Å². The molecule has 0 aliphatic heterocycles. The lowest BCUT2D eigenvalue weighted by atomic mass is 9.77. The number of aryl methyl sites for hydroxylation is 2. The Balaban J connectivity index is 2.97. The summed E-state index contributed by atoms with van der Waals surface area (Å²) in [5.74, 6) is 2.20. The molecule has 1 aromatic carbocycles. The normalized spacial score (nSPS) is 11.9. The number of benzene rings is 1. The molecule has 13 heteroatoms. The Labute approximate surface area is 623 Å². The maximum atomic E-state index is 14.6. The largest absolute Gasteiger partial charge is 0.466 e. The van der Waals surface area contributed by atoms with Crippen LogP contribution in [-0.2, 0) is 43.6 Å². The number of nitrogens with zero attached hydrogens (tertiary/aromatic N) is 3. The van der Waals surface area contributed by atoms with Crippen LogP contribution in [-0.4, -0.2) is 129 Å². The van der Waals surface area contributed by atoms with Crippen LogP contribution in [0.2, 0.25) is 0 Å². The van der Waals surface area contributed by atoms with E-state index in [0.717, 1.165) is 178 Å². The summed E-state index contributed by atoms with van der Waals surface area (Å²) in [7, 11) is 2.01. The second-order valence-electron chi connectivity index (χ2n) is 31.6. The molecular formula is C88H163N3O10. The van der Waals surface area contributed by atoms with E-state index in [-0.39, 0.29) is 49.2 Å².